The van der Waals surface area contributed by atoms with E-state index in [9.17, 15) is 19.6 Å². The summed E-state index contributed by atoms with van der Waals surface area (Å²) in [5.41, 5.74) is 0.614. The summed E-state index contributed by atoms with van der Waals surface area (Å²) in [6.07, 6.45) is 2.03. The number of imide groups is 1. The van der Waals surface area contributed by atoms with Crippen LogP contribution >= 0.6 is 11.8 Å². The van der Waals surface area contributed by atoms with Crippen LogP contribution < -0.4 is 4.90 Å². The van der Waals surface area contributed by atoms with Crippen molar-refractivity contribution in [1.29, 1.82) is 5.26 Å². The van der Waals surface area contributed by atoms with Gasteiger partial charge in [0.1, 0.15) is 17.8 Å². The van der Waals surface area contributed by atoms with Crippen molar-refractivity contribution in [2.75, 3.05) is 17.2 Å². The molecule has 4 amide bonds. The number of hydrogen-bond acceptors (Lipinski definition) is 6. The Morgan fingerprint density at radius 1 is 1.09 bits per heavy atom. The third kappa shape index (κ3) is 2.99. The van der Waals surface area contributed by atoms with Crippen LogP contribution in [0, 0.1) is 11.3 Å². The molecule has 0 saturated carbocycles. The van der Waals surface area contributed by atoms with Gasteiger partial charge in [-0.2, -0.15) is 5.26 Å². The van der Waals surface area contributed by atoms with E-state index in [0.29, 0.717) is 29.4 Å². The van der Waals surface area contributed by atoms with Gasteiger partial charge in [0.15, 0.2) is 0 Å². The second-order valence-corrected chi connectivity index (χ2v) is 9.61. The number of urea groups is 1. The van der Waals surface area contributed by atoms with Gasteiger partial charge in [-0.05, 0) is 18.6 Å². The maximum Gasteiger partial charge on any atom is 0.332 e. The Bertz CT molecular complexity index is 1390. The molecule has 3 aromatic rings. The minimum absolute atomic E-state index is 0.0230. The second-order valence-electron chi connectivity index (χ2n) is 8.56. The zero-order valence-corrected chi connectivity index (χ0v) is 18.8. The van der Waals surface area contributed by atoms with Crippen LogP contribution in [0.15, 0.2) is 65.7 Å². The predicted molar refractivity (Wildman–Crippen MR) is 126 cm³/mol. The van der Waals surface area contributed by atoms with Crippen molar-refractivity contribution in [3.05, 3.63) is 66.5 Å². The molecule has 3 aliphatic heterocycles. The largest absolute Gasteiger partial charge is 0.334 e. The molecule has 0 N–H and O–H groups in total. The fourth-order valence-corrected chi connectivity index (χ4v) is 6.16. The van der Waals surface area contributed by atoms with Crippen LogP contribution in [-0.2, 0) is 9.59 Å². The van der Waals surface area contributed by atoms with E-state index >= 15 is 0 Å². The highest BCUT2D eigenvalue weighted by molar-refractivity contribution is 8.00. The van der Waals surface area contributed by atoms with Gasteiger partial charge in [-0.15, -0.1) is 11.8 Å². The van der Waals surface area contributed by atoms with Gasteiger partial charge >= 0.3 is 6.03 Å². The van der Waals surface area contributed by atoms with E-state index in [-0.39, 0.29) is 41.4 Å². The number of hydrogen-bond donors (Lipinski definition) is 0. The molecule has 3 atom stereocenters. The van der Waals surface area contributed by atoms with Crippen molar-refractivity contribution in [2.24, 2.45) is 0 Å². The molecule has 2 aromatic carbocycles. The first-order chi connectivity index (χ1) is 16.6. The van der Waals surface area contributed by atoms with Gasteiger partial charge in [-0.3, -0.25) is 9.59 Å². The lowest BCUT2D eigenvalue weighted by molar-refractivity contribution is -0.133. The summed E-state index contributed by atoms with van der Waals surface area (Å²) in [4.78, 5) is 49.8. The fraction of sp³-hybridized carbons (Fsp3) is 0.240. The van der Waals surface area contributed by atoms with Gasteiger partial charge in [-0.1, -0.05) is 42.5 Å². The van der Waals surface area contributed by atoms with Gasteiger partial charge in [0.05, 0.1) is 29.7 Å². The lowest BCUT2D eigenvalue weighted by atomic mass is 10.1. The number of carbonyl (C=O) groups is 3. The van der Waals surface area contributed by atoms with E-state index in [4.69, 9.17) is 0 Å². The van der Waals surface area contributed by atoms with Crippen LogP contribution in [0.2, 0.25) is 0 Å². The molecule has 34 heavy (non-hydrogen) atoms. The first-order valence-electron chi connectivity index (χ1n) is 11.0. The number of benzene rings is 2. The molecule has 8 nitrogen and oxygen atoms in total. The Morgan fingerprint density at radius 2 is 1.82 bits per heavy atom. The molecule has 3 saturated heterocycles. The van der Waals surface area contributed by atoms with E-state index in [0.717, 1.165) is 4.90 Å². The highest BCUT2D eigenvalue weighted by Gasteiger charge is 2.63. The molecule has 3 aliphatic rings. The lowest BCUT2D eigenvalue weighted by Crippen LogP contribution is -2.55. The fourth-order valence-electron chi connectivity index (χ4n) is 5.36. The van der Waals surface area contributed by atoms with Crippen LogP contribution in [0.4, 0.5) is 10.5 Å². The maximum absolute atomic E-state index is 13.6. The van der Waals surface area contributed by atoms with Crippen molar-refractivity contribution in [3.63, 3.8) is 0 Å². The molecule has 4 heterocycles. The van der Waals surface area contributed by atoms with E-state index in [1.54, 1.807) is 34.1 Å². The number of thioether (sulfide) groups is 1. The van der Waals surface area contributed by atoms with Gasteiger partial charge in [0.2, 0.25) is 5.91 Å². The number of piperazine rings is 1. The van der Waals surface area contributed by atoms with Crippen molar-refractivity contribution in [3.8, 4) is 6.07 Å². The Morgan fingerprint density at radius 3 is 2.59 bits per heavy atom. The molecule has 9 heteroatoms. The molecule has 0 aliphatic carbocycles. The monoisotopic (exact) mass is 469 g/mol. The molecular formula is C25H19N5O3S. The van der Waals surface area contributed by atoms with Crippen molar-refractivity contribution < 1.29 is 14.4 Å². The quantitative estimate of drug-likeness (QED) is 0.430. The average molecular weight is 470 g/mol. The molecule has 1 aromatic heterocycles. The van der Waals surface area contributed by atoms with Gasteiger partial charge in [0.25, 0.3) is 5.91 Å². The number of rotatable bonds is 4. The zero-order chi connectivity index (χ0) is 23.4. The summed E-state index contributed by atoms with van der Waals surface area (Å²) >= 11 is 1.47. The van der Waals surface area contributed by atoms with E-state index in [1.165, 1.54) is 22.9 Å². The van der Waals surface area contributed by atoms with Crippen LogP contribution in [0.1, 0.15) is 12.1 Å². The predicted octanol–water partition coefficient (Wildman–Crippen LogP) is 3.02. The summed E-state index contributed by atoms with van der Waals surface area (Å²) < 4.78 is 0. The summed E-state index contributed by atoms with van der Waals surface area (Å²) in [7, 11) is 0. The molecule has 168 valence electrons. The molecule has 0 spiro atoms. The molecule has 1 unspecified atom stereocenters. The van der Waals surface area contributed by atoms with Crippen LogP contribution in [0.25, 0.3) is 10.8 Å². The number of pyridine rings is 1. The first kappa shape index (κ1) is 20.7. The van der Waals surface area contributed by atoms with Crippen LogP contribution in [0.5, 0.6) is 0 Å². The molecular weight excluding hydrogens is 450 g/mol. The Labute approximate surface area is 199 Å². The lowest BCUT2D eigenvalue weighted by Gasteiger charge is -2.34. The summed E-state index contributed by atoms with van der Waals surface area (Å²) in [5, 5.41) is 10.6. The number of anilines is 1. The SMILES string of the molecule is N#Cc1ncc(N2C(=O)[C@H]3C4C[C@H](CN4C(=O)CSc4ccccc4)N3C2=O)c2ccccc12. The Balaban J connectivity index is 1.27. The van der Waals surface area contributed by atoms with Crippen LogP contribution in [-0.4, -0.2) is 63.1 Å². The molecule has 6 rings (SSSR count). The third-order valence-electron chi connectivity index (χ3n) is 6.81. The van der Waals surface area contributed by atoms with Crippen molar-refractivity contribution >= 4 is 46.1 Å². The highest BCUT2D eigenvalue weighted by Crippen LogP contribution is 2.43. The number of aromatic nitrogens is 1. The topological polar surface area (TPSA) is 97.6 Å². The summed E-state index contributed by atoms with van der Waals surface area (Å²) in [6, 6.07) is 17.3. The number of likely N-dealkylation sites (tertiary alicyclic amines) is 1. The highest BCUT2D eigenvalue weighted by atomic mass is 32.2. The third-order valence-corrected chi connectivity index (χ3v) is 7.81. The molecule has 2 bridgehead atoms. The number of nitriles is 1. The smallest absolute Gasteiger partial charge is 0.332 e. The first-order valence-corrected chi connectivity index (χ1v) is 12.0. The standard InChI is InChI=1S/C25H19N5O3S/c26-11-19-17-8-4-5-9-18(17)21(12-27-19)30-24(32)23-20-10-15(29(23)25(30)33)13-28(20)22(31)14-34-16-6-2-1-3-7-16/h1-9,12,15,20,23H,10,13-14H2/t15-,20?,23-/m1/s1. The minimum Gasteiger partial charge on any atom is -0.334 e. The minimum atomic E-state index is -0.689. The van der Waals surface area contributed by atoms with Gasteiger partial charge < -0.3 is 9.80 Å². The van der Waals surface area contributed by atoms with E-state index in [1.807, 2.05) is 30.3 Å². The van der Waals surface area contributed by atoms with Crippen LogP contribution in [0.3, 0.4) is 0 Å². The Hall–Kier alpha value is -3.90. The van der Waals surface area contributed by atoms with E-state index < -0.39 is 6.04 Å². The normalized spacial score (nSPS) is 23.0. The molecule has 0 radical (unpaired) electrons. The average Bonchev–Trinajstić information content (AvgIpc) is 3.54. The second kappa shape index (κ2) is 7.85. The van der Waals surface area contributed by atoms with Gasteiger partial charge in [0, 0.05) is 22.2 Å². The van der Waals surface area contributed by atoms with Crippen molar-refractivity contribution in [1.82, 2.24) is 14.8 Å². The van der Waals surface area contributed by atoms with Crippen molar-refractivity contribution in [2.45, 2.75) is 29.4 Å². The summed E-state index contributed by atoms with van der Waals surface area (Å²) in [6.45, 7) is 0.439. The molecule has 3 fully saturated rings. The maximum atomic E-state index is 13.6. The number of carbonyl (C=O) groups excluding carboxylic acids is 3. The van der Waals surface area contributed by atoms with Gasteiger partial charge in [-0.25, -0.2) is 14.7 Å². The number of amides is 4. The van der Waals surface area contributed by atoms with E-state index in [2.05, 4.69) is 11.1 Å². The Kier molecular flexibility index (Phi) is 4.78. The summed E-state index contributed by atoms with van der Waals surface area (Å²) in [5.74, 6) is -0.0803. The zero-order valence-electron chi connectivity index (χ0n) is 18.0. The number of fused-ring (bicyclic) bond motifs is 6. The number of nitrogens with zero attached hydrogens (tertiary/aromatic N) is 5.